The predicted octanol–water partition coefficient (Wildman–Crippen LogP) is 14.7. The van der Waals surface area contributed by atoms with E-state index in [2.05, 4.69) is 197 Å². The Kier molecular flexibility index (Phi) is 8.35. The maximum absolute atomic E-state index is 2.74. The number of benzene rings is 6. The van der Waals surface area contributed by atoms with Crippen molar-refractivity contribution in [3.63, 3.8) is 0 Å². The van der Waals surface area contributed by atoms with Crippen LogP contribution < -0.4 is 26.2 Å². The Morgan fingerprint density at radius 2 is 0.862 bits per heavy atom. The van der Waals surface area contributed by atoms with Crippen LogP contribution in [0.15, 0.2) is 97.1 Å². The Hall–Kier alpha value is -5.02. The van der Waals surface area contributed by atoms with Gasteiger partial charge in [-0.3, -0.25) is 0 Å². The van der Waals surface area contributed by atoms with Gasteiger partial charge in [0.1, 0.15) is 0 Å². The summed E-state index contributed by atoms with van der Waals surface area (Å²) >= 11 is 0. The van der Waals surface area contributed by atoms with Crippen molar-refractivity contribution in [1.29, 1.82) is 0 Å². The molecule has 2 nitrogen and oxygen atoms in total. The van der Waals surface area contributed by atoms with Crippen LogP contribution in [0.25, 0.3) is 11.1 Å². The van der Waals surface area contributed by atoms with E-state index in [1.165, 1.54) is 145 Å². The third kappa shape index (κ3) is 5.78. The SMILES string of the molecule is Cc1cc2c3c(c1)N(c1cccc4c1-c1ccccc1C4)c1cc4c(cc1B3c1cc3c(cc1N2c1ccc2c(c1)C(C)(C)CCC2(C)C)C(C)(C)CCC3(C)C)C(C)(C)CCC4(C)C. The van der Waals surface area contributed by atoms with Crippen LogP contribution in [0.4, 0.5) is 34.1 Å². The summed E-state index contributed by atoms with van der Waals surface area (Å²) in [4.78, 5) is 5.47. The molecule has 4 aliphatic carbocycles. The lowest BCUT2D eigenvalue weighted by molar-refractivity contribution is 0.332. The molecule has 65 heavy (non-hydrogen) atoms. The molecule has 330 valence electrons. The molecule has 6 aromatic carbocycles. The molecule has 0 saturated heterocycles. The van der Waals surface area contributed by atoms with E-state index in [1.807, 2.05) is 0 Å². The highest BCUT2D eigenvalue weighted by Crippen LogP contribution is 2.56. The van der Waals surface area contributed by atoms with E-state index in [-0.39, 0.29) is 39.2 Å². The van der Waals surface area contributed by atoms with Gasteiger partial charge in [-0.2, -0.15) is 0 Å². The number of hydrogen-bond donors (Lipinski definition) is 0. The lowest BCUT2D eigenvalue weighted by atomic mass is 9.32. The molecule has 0 fully saturated rings. The van der Waals surface area contributed by atoms with Crippen LogP contribution in [-0.4, -0.2) is 6.71 Å². The van der Waals surface area contributed by atoms with Gasteiger partial charge in [0, 0.05) is 34.0 Å². The van der Waals surface area contributed by atoms with Gasteiger partial charge in [-0.05, 0) is 199 Å². The molecule has 0 unspecified atom stereocenters. The second kappa shape index (κ2) is 13.1. The van der Waals surface area contributed by atoms with Gasteiger partial charge in [0.2, 0.25) is 0 Å². The van der Waals surface area contributed by atoms with E-state index >= 15 is 0 Å². The summed E-state index contributed by atoms with van der Waals surface area (Å²) in [5.74, 6) is 0. The predicted molar refractivity (Wildman–Crippen MR) is 279 cm³/mol. The highest BCUT2D eigenvalue weighted by molar-refractivity contribution is 7.00. The fraction of sp³-hybridized carbons (Fsp3) is 0.419. The molecule has 0 spiro atoms. The first-order valence-electron chi connectivity index (χ1n) is 25.1. The van der Waals surface area contributed by atoms with Gasteiger partial charge in [0.25, 0.3) is 6.71 Å². The fourth-order valence-electron chi connectivity index (χ4n) is 13.9. The van der Waals surface area contributed by atoms with Crippen LogP contribution in [0.5, 0.6) is 0 Å². The van der Waals surface area contributed by atoms with Gasteiger partial charge >= 0.3 is 0 Å². The Bertz CT molecular complexity index is 3060. The highest BCUT2D eigenvalue weighted by atomic mass is 15.2. The zero-order valence-electron chi connectivity index (χ0n) is 41.7. The number of anilines is 6. The van der Waals surface area contributed by atoms with E-state index in [9.17, 15) is 0 Å². The summed E-state index contributed by atoms with van der Waals surface area (Å²) in [6.45, 7) is 32.3. The maximum Gasteiger partial charge on any atom is 0.252 e. The minimum absolute atomic E-state index is 0.0690. The average molecular weight is 853 g/mol. The monoisotopic (exact) mass is 853 g/mol. The van der Waals surface area contributed by atoms with Gasteiger partial charge in [0.15, 0.2) is 0 Å². The standard InChI is InChI=1S/C62H69BN2/c1-37-29-53-56-54(30-37)65(50-20-16-18-39-31-38-17-14-15-19-41(38)55(39)50)52-36-47-45(60(8,9)26-28-62(47,12)13)34-49(52)63(56)48-33-44-46(61(10,11)27-25-59(44,6)7)35-51(48)64(53)40-21-22-42-43(32-40)58(4,5)24-23-57(42,2)3/h14-22,29-30,32-36H,23-28,31H2,1-13H3. The summed E-state index contributed by atoms with van der Waals surface area (Å²) in [7, 11) is 0. The second-order valence-corrected chi connectivity index (χ2v) is 25.4. The molecule has 0 N–H and O–H groups in total. The molecule has 0 amide bonds. The van der Waals surface area contributed by atoms with Gasteiger partial charge in [0.05, 0.1) is 5.69 Å². The number of fused-ring (bicyclic) bond motifs is 10. The second-order valence-electron chi connectivity index (χ2n) is 25.4. The third-order valence-electron chi connectivity index (χ3n) is 18.3. The van der Waals surface area contributed by atoms with Crippen LogP contribution in [0, 0.1) is 6.92 Å². The quantitative estimate of drug-likeness (QED) is 0.160. The molecule has 0 aromatic heterocycles. The van der Waals surface area contributed by atoms with E-state index in [0.29, 0.717) is 0 Å². The van der Waals surface area contributed by atoms with Crippen LogP contribution in [0.3, 0.4) is 0 Å². The van der Waals surface area contributed by atoms with Gasteiger partial charge in [-0.15, -0.1) is 0 Å². The first-order chi connectivity index (χ1) is 30.6. The molecular formula is C62H69BN2. The number of nitrogens with zero attached hydrogens (tertiary/aromatic N) is 2. The molecule has 0 atom stereocenters. The molecule has 2 aliphatic heterocycles. The van der Waals surface area contributed by atoms with Crippen molar-refractivity contribution in [3.8, 4) is 11.1 Å². The van der Waals surface area contributed by atoms with E-state index in [4.69, 9.17) is 0 Å². The van der Waals surface area contributed by atoms with Gasteiger partial charge < -0.3 is 9.80 Å². The number of hydrogen-bond acceptors (Lipinski definition) is 2. The van der Waals surface area contributed by atoms with Crippen molar-refractivity contribution in [2.24, 2.45) is 0 Å². The largest absolute Gasteiger partial charge is 0.311 e. The third-order valence-corrected chi connectivity index (χ3v) is 18.3. The fourth-order valence-corrected chi connectivity index (χ4v) is 13.9. The highest BCUT2D eigenvalue weighted by Gasteiger charge is 2.49. The van der Waals surface area contributed by atoms with Crippen molar-refractivity contribution < 1.29 is 0 Å². The molecule has 6 aliphatic rings. The summed E-state index contributed by atoms with van der Waals surface area (Å²) < 4.78 is 0. The normalized spacial score (nSPS) is 21.2. The Morgan fingerprint density at radius 1 is 0.400 bits per heavy atom. The summed E-state index contributed by atoms with van der Waals surface area (Å²) in [6.07, 6.45) is 8.14. The topological polar surface area (TPSA) is 6.48 Å². The molecule has 12 rings (SSSR count). The molecule has 0 bridgehead atoms. The summed E-state index contributed by atoms with van der Waals surface area (Å²) in [5, 5.41) is 0. The minimum Gasteiger partial charge on any atom is -0.311 e. The zero-order chi connectivity index (χ0) is 45.5. The molecule has 0 radical (unpaired) electrons. The lowest BCUT2D eigenvalue weighted by Gasteiger charge is -2.49. The number of aryl methyl sites for hydroxylation is 1. The van der Waals surface area contributed by atoms with Crippen molar-refractivity contribution in [3.05, 3.63) is 147 Å². The van der Waals surface area contributed by atoms with E-state index in [1.54, 1.807) is 5.56 Å². The summed E-state index contributed by atoms with van der Waals surface area (Å²) in [5.41, 5.74) is 28.9. The number of rotatable bonds is 2. The first kappa shape index (κ1) is 41.4. The molecular weight excluding hydrogens is 784 g/mol. The Balaban J connectivity index is 1.22. The van der Waals surface area contributed by atoms with Gasteiger partial charge in [-0.25, -0.2) is 0 Å². The lowest BCUT2D eigenvalue weighted by Crippen LogP contribution is -2.62. The Labute approximate surface area is 391 Å². The average Bonchev–Trinajstić information content (AvgIpc) is 3.64. The Morgan fingerprint density at radius 3 is 1.43 bits per heavy atom. The van der Waals surface area contributed by atoms with Crippen LogP contribution >= 0.6 is 0 Å². The zero-order valence-corrected chi connectivity index (χ0v) is 41.7. The maximum atomic E-state index is 2.74. The minimum atomic E-state index is 0.0690. The van der Waals surface area contributed by atoms with E-state index < -0.39 is 0 Å². The van der Waals surface area contributed by atoms with Crippen molar-refractivity contribution in [2.45, 2.75) is 167 Å². The van der Waals surface area contributed by atoms with E-state index in [0.717, 1.165) is 6.42 Å². The smallest absolute Gasteiger partial charge is 0.252 e. The van der Waals surface area contributed by atoms with Crippen LogP contribution in [-0.2, 0) is 38.9 Å². The van der Waals surface area contributed by atoms with Crippen molar-refractivity contribution >= 4 is 57.2 Å². The van der Waals surface area contributed by atoms with Gasteiger partial charge in [-0.1, -0.05) is 138 Å². The molecule has 6 aromatic rings. The first-order valence-corrected chi connectivity index (χ1v) is 25.1. The van der Waals surface area contributed by atoms with Crippen molar-refractivity contribution in [1.82, 2.24) is 0 Å². The molecule has 2 heterocycles. The summed E-state index contributed by atoms with van der Waals surface area (Å²) in [6, 6.07) is 39.8. The van der Waals surface area contributed by atoms with Crippen LogP contribution in [0.2, 0.25) is 0 Å². The molecule has 0 saturated carbocycles. The van der Waals surface area contributed by atoms with Crippen LogP contribution in [0.1, 0.15) is 172 Å². The molecule has 3 heteroatoms. The van der Waals surface area contributed by atoms with Crippen molar-refractivity contribution in [2.75, 3.05) is 9.80 Å².